The third-order valence-corrected chi connectivity index (χ3v) is 7.13. The van der Waals surface area contributed by atoms with Crippen LogP contribution in [-0.2, 0) is 14.8 Å². The Hall–Kier alpha value is -3.20. The number of carbonyl (C=O) groups excluding carboxylic acids is 1. The fourth-order valence-electron chi connectivity index (χ4n) is 3.65. The third kappa shape index (κ3) is 3.69. The molecule has 0 spiro atoms. The smallest absolute Gasteiger partial charge is 0.343 e. The highest BCUT2D eigenvalue weighted by molar-refractivity contribution is 7.89. The van der Waals surface area contributed by atoms with Crippen molar-refractivity contribution in [3.8, 4) is 5.75 Å². The molecule has 7 nitrogen and oxygen atoms in total. The van der Waals surface area contributed by atoms with E-state index in [2.05, 4.69) is 0 Å². The summed E-state index contributed by atoms with van der Waals surface area (Å²) in [5.74, 6) is -0.281. The fourth-order valence-corrected chi connectivity index (χ4v) is 5.11. The van der Waals surface area contributed by atoms with E-state index < -0.39 is 16.0 Å². The number of fused-ring (bicyclic) bond motifs is 3. The van der Waals surface area contributed by atoms with Crippen molar-refractivity contribution in [3.63, 3.8) is 0 Å². The van der Waals surface area contributed by atoms with Gasteiger partial charge in [-0.1, -0.05) is 24.3 Å². The minimum absolute atomic E-state index is 0.0557. The number of hydrogen-bond acceptors (Lipinski definition) is 6. The maximum absolute atomic E-state index is 12.9. The zero-order valence-corrected chi connectivity index (χ0v) is 17.3. The van der Waals surface area contributed by atoms with Crippen LogP contribution in [0, 0.1) is 0 Å². The van der Waals surface area contributed by atoms with Gasteiger partial charge in [0.1, 0.15) is 16.9 Å². The normalized spacial score (nSPS) is 15.4. The van der Waals surface area contributed by atoms with E-state index in [1.54, 1.807) is 18.2 Å². The highest BCUT2D eigenvalue weighted by Gasteiger charge is 2.27. The van der Waals surface area contributed by atoms with Crippen molar-refractivity contribution in [3.05, 3.63) is 72.3 Å². The molecule has 0 saturated carbocycles. The van der Waals surface area contributed by atoms with Crippen LogP contribution < -0.4 is 4.74 Å². The van der Waals surface area contributed by atoms with Crippen molar-refractivity contribution < 1.29 is 27.1 Å². The Balaban J connectivity index is 1.42. The van der Waals surface area contributed by atoms with Gasteiger partial charge in [-0.3, -0.25) is 0 Å². The Kier molecular flexibility index (Phi) is 4.97. The van der Waals surface area contributed by atoms with Crippen LogP contribution in [0.5, 0.6) is 5.75 Å². The van der Waals surface area contributed by atoms with Gasteiger partial charge < -0.3 is 13.9 Å². The Bertz CT molecular complexity index is 1390. The van der Waals surface area contributed by atoms with E-state index in [4.69, 9.17) is 13.9 Å². The summed E-state index contributed by atoms with van der Waals surface area (Å²) in [6, 6.07) is 18.7. The lowest BCUT2D eigenvalue weighted by Crippen LogP contribution is -2.40. The number of sulfonamides is 1. The van der Waals surface area contributed by atoms with Crippen molar-refractivity contribution in [1.29, 1.82) is 0 Å². The molecule has 1 saturated heterocycles. The molecule has 0 bridgehead atoms. The Morgan fingerprint density at radius 3 is 2.48 bits per heavy atom. The van der Waals surface area contributed by atoms with Gasteiger partial charge in [-0.15, -0.1) is 0 Å². The topological polar surface area (TPSA) is 86.0 Å². The van der Waals surface area contributed by atoms with Gasteiger partial charge in [0.05, 0.1) is 23.7 Å². The highest BCUT2D eigenvalue weighted by Crippen LogP contribution is 2.31. The number of nitrogens with zero attached hydrogens (tertiary/aromatic N) is 1. The summed E-state index contributed by atoms with van der Waals surface area (Å²) >= 11 is 0. The first-order chi connectivity index (χ1) is 15.0. The molecule has 1 fully saturated rings. The maximum Gasteiger partial charge on any atom is 0.343 e. The monoisotopic (exact) mass is 437 g/mol. The number of para-hydroxylation sites is 1. The lowest BCUT2D eigenvalue weighted by molar-refractivity contribution is 0.0727. The molecule has 158 valence electrons. The molecule has 1 aliphatic heterocycles. The SMILES string of the molecule is O=C(Oc1ccc2oc3ccccc3c2c1)c1cccc(S(=O)(=O)N2CCOCC2)c1. The predicted molar refractivity (Wildman–Crippen MR) is 115 cm³/mol. The second-order valence-electron chi connectivity index (χ2n) is 7.19. The zero-order chi connectivity index (χ0) is 21.4. The van der Waals surface area contributed by atoms with Crippen LogP contribution >= 0.6 is 0 Å². The number of rotatable bonds is 4. The number of morpholine rings is 1. The van der Waals surface area contributed by atoms with Crippen LogP contribution in [0.3, 0.4) is 0 Å². The molecule has 8 heteroatoms. The molecule has 3 aromatic carbocycles. The summed E-state index contributed by atoms with van der Waals surface area (Å²) in [6.07, 6.45) is 0. The largest absolute Gasteiger partial charge is 0.456 e. The van der Waals surface area contributed by atoms with Gasteiger partial charge in [0.15, 0.2) is 0 Å². The van der Waals surface area contributed by atoms with Crippen molar-refractivity contribution in [2.24, 2.45) is 0 Å². The highest BCUT2D eigenvalue weighted by atomic mass is 32.2. The molecule has 0 radical (unpaired) electrons. The first-order valence-corrected chi connectivity index (χ1v) is 11.3. The van der Waals surface area contributed by atoms with Crippen molar-refractivity contribution in [1.82, 2.24) is 4.31 Å². The summed E-state index contributed by atoms with van der Waals surface area (Å²) in [5, 5.41) is 1.76. The maximum atomic E-state index is 12.9. The quantitative estimate of drug-likeness (QED) is 0.356. The number of hydrogen-bond donors (Lipinski definition) is 0. The van der Waals surface area contributed by atoms with Crippen molar-refractivity contribution in [2.45, 2.75) is 4.90 Å². The van der Waals surface area contributed by atoms with Crippen LogP contribution in [0.25, 0.3) is 21.9 Å². The number of furan rings is 1. The zero-order valence-electron chi connectivity index (χ0n) is 16.5. The van der Waals surface area contributed by atoms with Gasteiger partial charge in [0.2, 0.25) is 10.0 Å². The lowest BCUT2D eigenvalue weighted by Gasteiger charge is -2.26. The lowest BCUT2D eigenvalue weighted by atomic mass is 10.1. The predicted octanol–water partition coefficient (Wildman–Crippen LogP) is 3.83. The third-order valence-electron chi connectivity index (χ3n) is 5.24. The Morgan fingerprint density at radius 2 is 1.65 bits per heavy atom. The standard InChI is InChI=1S/C23H19NO6S/c25-23(16-4-3-5-18(14-16)31(26,27)24-10-12-28-13-11-24)29-17-8-9-22-20(15-17)19-6-1-2-7-21(19)30-22/h1-9,14-15H,10-13H2. The van der Waals surface area contributed by atoms with Crippen LogP contribution in [0.4, 0.5) is 0 Å². The average Bonchev–Trinajstić information content (AvgIpc) is 3.18. The van der Waals surface area contributed by atoms with E-state index in [1.165, 1.54) is 28.6 Å². The van der Waals surface area contributed by atoms with Crippen LogP contribution in [0.1, 0.15) is 10.4 Å². The molecule has 0 atom stereocenters. The molecule has 5 rings (SSSR count). The van der Waals surface area contributed by atoms with Gasteiger partial charge in [-0.25, -0.2) is 13.2 Å². The summed E-state index contributed by atoms with van der Waals surface area (Å²) < 4.78 is 43.6. The van der Waals surface area contributed by atoms with E-state index in [-0.39, 0.29) is 23.5 Å². The van der Waals surface area contributed by atoms with E-state index in [0.29, 0.717) is 24.5 Å². The molecule has 0 N–H and O–H groups in total. The van der Waals surface area contributed by atoms with E-state index in [9.17, 15) is 13.2 Å². The molecule has 4 aromatic rings. The van der Waals surface area contributed by atoms with Gasteiger partial charge in [-0.05, 0) is 42.5 Å². The van der Waals surface area contributed by atoms with Gasteiger partial charge in [0.25, 0.3) is 0 Å². The van der Waals surface area contributed by atoms with Crippen molar-refractivity contribution >= 4 is 37.9 Å². The van der Waals surface area contributed by atoms with Crippen LogP contribution in [-0.4, -0.2) is 45.0 Å². The molecule has 1 aromatic heterocycles. The second-order valence-corrected chi connectivity index (χ2v) is 9.13. The number of carbonyl (C=O) groups is 1. The minimum atomic E-state index is -3.70. The Labute approximate surface area is 178 Å². The molecule has 2 heterocycles. The first-order valence-electron chi connectivity index (χ1n) is 9.84. The summed E-state index contributed by atoms with van der Waals surface area (Å²) in [5.41, 5.74) is 1.60. The first kappa shape index (κ1) is 19.7. The molecule has 1 aliphatic rings. The van der Waals surface area contributed by atoms with Gasteiger partial charge in [-0.2, -0.15) is 4.31 Å². The van der Waals surface area contributed by atoms with E-state index in [0.717, 1.165) is 16.4 Å². The van der Waals surface area contributed by atoms with Gasteiger partial charge in [0, 0.05) is 23.9 Å². The molecule has 0 amide bonds. The Morgan fingerprint density at radius 1 is 0.871 bits per heavy atom. The molecular weight excluding hydrogens is 418 g/mol. The fraction of sp³-hybridized carbons (Fsp3) is 0.174. The minimum Gasteiger partial charge on any atom is -0.456 e. The molecule has 31 heavy (non-hydrogen) atoms. The summed E-state index contributed by atoms with van der Waals surface area (Å²) in [6.45, 7) is 1.28. The van der Waals surface area contributed by atoms with E-state index >= 15 is 0 Å². The summed E-state index contributed by atoms with van der Waals surface area (Å²) in [4.78, 5) is 12.8. The van der Waals surface area contributed by atoms with Crippen LogP contribution in [0.2, 0.25) is 0 Å². The number of ether oxygens (including phenoxy) is 2. The molecule has 0 aliphatic carbocycles. The van der Waals surface area contributed by atoms with Crippen molar-refractivity contribution in [2.75, 3.05) is 26.3 Å². The average molecular weight is 437 g/mol. The molecular formula is C23H19NO6S. The number of benzene rings is 3. The van der Waals surface area contributed by atoms with Gasteiger partial charge >= 0.3 is 5.97 Å². The van der Waals surface area contributed by atoms with E-state index in [1.807, 2.05) is 24.3 Å². The molecule has 0 unspecified atom stereocenters. The number of esters is 1. The summed E-state index contributed by atoms with van der Waals surface area (Å²) in [7, 11) is -3.70. The second kappa shape index (κ2) is 7.81. The van der Waals surface area contributed by atoms with Crippen LogP contribution in [0.15, 0.2) is 76.0 Å².